The van der Waals surface area contributed by atoms with Crippen molar-refractivity contribution in [3.63, 3.8) is 0 Å². The van der Waals surface area contributed by atoms with Crippen molar-refractivity contribution >= 4 is 34.7 Å². The molecular weight excluding hydrogens is 472 g/mol. The van der Waals surface area contributed by atoms with Crippen LogP contribution in [-0.4, -0.2) is 6.21 Å². The fourth-order valence-electron chi connectivity index (χ4n) is 5.17. The lowest BCUT2D eigenvalue weighted by Crippen LogP contribution is -2.11. The molecular formula is C37H37N2+. The van der Waals surface area contributed by atoms with E-state index in [0.29, 0.717) is 0 Å². The van der Waals surface area contributed by atoms with Crippen molar-refractivity contribution in [3.8, 4) is 0 Å². The summed E-state index contributed by atoms with van der Waals surface area (Å²) in [6.45, 7) is 12.9. The van der Waals surface area contributed by atoms with Crippen molar-refractivity contribution in [1.29, 1.82) is 0 Å². The van der Waals surface area contributed by atoms with Crippen molar-refractivity contribution in [3.05, 3.63) is 148 Å². The maximum atomic E-state index is 2.36. The third-order valence-electron chi connectivity index (χ3n) is 6.98. The van der Waals surface area contributed by atoms with Crippen LogP contribution in [0.25, 0.3) is 0 Å². The molecule has 5 aromatic rings. The molecule has 39 heavy (non-hydrogen) atoms. The highest BCUT2D eigenvalue weighted by atomic mass is 15.1. The fraction of sp³-hybridized carbons (Fsp3) is 0.162. The van der Waals surface area contributed by atoms with Crippen LogP contribution in [0.2, 0.25) is 0 Å². The van der Waals surface area contributed by atoms with Crippen LogP contribution >= 0.6 is 0 Å². The summed E-state index contributed by atoms with van der Waals surface area (Å²) in [6, 6.07) is 39.8. The molecule has 0 aliphatic rings. The third-order valence-corrected chi connectivity index (χ3v) is 6.98. The van der Waals surface area contributed by atoms with Gasteiger partial charge in [0, 0.05) is 46.9 Å². The Kier molecular flexibility index (Phi) is 7.47. The number of benzene rings is 5. The number of rotatable bonds is 6. The number of nitrogens with zero attached hydrogens (tertiary/aromatic N) is 2. The second-order valence-electron chi connectivity index (χ2n) is 10.8. The zero-order valence-electron chi connectivity index (χ0n) is 23.9. The molecule has 0 spiro atoms. The molecule has 0 unspecified atom stereocenters. The first-order chi connectivity index (χ1) is 18.7. The molecule has 5 aromatic carbocycles. The third kappa shape index (κ3) is 6.18. The van der Waals surface area contributed by atoms with E-state index in [0.717, 1.165) is 22.6 Å². The van der Waals surface area contributed by atoms with Crippen LogP contribution in [0.5, 0.6) is 0 Å². The first kappa shape index (κ1) is 26.2. The van der Waals surface area contributed by atoms with Crippen molar-refractivity contribution in [1.82, 2.24) is 4.58 Å². The molecule has 5 rings (SSSR count). The topological polar surface area (TPSA) is 6.25 Å². The van der Waals surface area contributed by atoms with E-state index in [4.69, 9.17) is 0 Å². The molecule has 0 radical (unpaired) electrons. The Balaban J connectivity index is 1.59. The van der Waals surface area contributed by atoms with E-state index in [2.05, 4.69) is 166 Å². The van der Waals surface area contributed by atoms with Crippen LogP contribution < -0.4 is 9.48 Å². The van der Waals surface area contributed by atoms with Gasteiger partial charge in [-0.1, -0.05) is 47.5 Å². The lowest BCUT2D eigenvalue weighted by Gasteiger charge is -2.27. The van der Waals surface area contributed by atoms with Crippen molar-refractivity contribution in [2.45, 2.75) is 41.5 Å². The highest BCUT2D eigenvalue weighted by molar-refractivity contribution is 5.87. The summed E-state index contributed by atoms with van der Waals surface area (Å²) < 4.78 is 2.26. The predicted octanol–water partition coefficient (Wildman–Crippen LogP) is 9.96. The summed E-state index contributed by atoms with van der Waals surface area (Å²) in [5.41, 5.74) is 14.5. The summed E-state index contributed by atoms with van der Waals surface area (Å²) in [5, 5.41) is 0. The fourth-order valence-corrected chi connectivity index (χ4v) is 5.17. The normalized spacial score (nSPS) is 10.8. The molecule has 0 N–H and O–H groups in total. The maximum Gasteiger partial charge on any atom is 0.211 e. The van der Waals surface area contributed by atoms with Gasteiger partial charge in [0.05, 0.1) is 0 Å². The van der Waals surface area contributed by atoms with E-state index >= 15 is 0 Å². The van der Waals surface area contributed by atoms with Gasteiger partial charge < -0.3 is 4.90 Å². The van der Waals surface area contributed by atoms with Gasteiger partial charge in [-0.15, -0.1) is 0 Å². The highest BCUT2D eigenvalue weighted by Crippen LogP contribution is 2.36. The van der Waals surface area contributed by atoms with E-state index in [-0.39, 0.29) is 0 Å². The lowest BCUT2D eigenvalue weighted by atomic mass is 10.1. The Morgan fingerprint density at radius 1 is 0.410 bits per heavy atom. The number of hydrogen-bond donors (Lipinski definition) is 0. The second-order valence-corrected chi connectivity index (χ2v) is 10.8. The molecule has 0 atom stereocenters. The minimum absolute atomic E-state index is 1.14. The average molecular weight is 510 g/mol. The standard InChI is InChI=1S/C37H37N2/c1-26-7-13-33(14-8-26)38(34-15-9-27(2)10-16-34)25-32-11-17-35(18-12-32)39(36-21-28(3)19-29(4)22-36)37-23-30(5)20-31(6)24-37/h7-25H,1-6H3/q+1. The van der Waals surface area contributed by atoms with E-state index in [1.807, 2.05) is 0 Å². The van der Waals surface area contributed by atoms with Crippen LogP contribution in [-0.2, 0) is 0 Å². The second kappa shape index (κ2) is 11.1. The molecule has 2 nitrogen and oxygen atoms in total. The lowest BCUT2D eigenvalue weighted by molar-refractivity contribution is 1.09. The summed E-state index contributed by atoms with van der Waals surface area (Å²) in [5.74, 6) is 0. The van der Waals surface area contributed by atoms with Crippen LogP contribution in [0, 0.1) is 41.5 Å². The minimum Gasteiger partial charge on any atom is -0.310 e. The molecule has 194 valence electrons. The molecule has 0 aromatic heterocycles. The Labute approximate surface area is 233 Å². The minimum atomic E-state index is 1.14. The van der Waals surface area contributed by atoms with Gasteiger partial charge in [0.25, 0.3) is 0 Å². The van der Waals surface area contributed by atoms with Gasteiger partial charge in [-0.3, -0.25) is 0 Å². The van der Waals surface area contributed by atoms with Crippen molar-refractivity contribution in [2.24, 2.45) is 0 Å². The summed E-state index contributed by atoms with van der Waals surface area (Å²) >= 11 is 0. The largest absolute Gasteiger partial charge is 0.310 e. The zero-order chi connectivity index (χ0) is 27.5. The van der Waals surface area contributed by atoms with E-state index in [9.17, 15) is 0 Å². The monoisotopic (exact) mass is 509 g/mol. The average Bonchev–Trinajstić information content (AvgIpc) is 2.88. The van der Waals surface area contributed by atoms with Crippen LogP contribution in [0.3, 0.4) is 0 Å². The summed E-state index contributed by atoms with van der Waals surface area (Å²) in [6.07, 6.45) is 2.22. The molecule has 0 aliphatic heterocycles. The molecule has 0 heterocycles. The smallest absolute Gasteiger partial charge is 0.211 e. The van der Waals surface area contributed by atoms with Gasteiger partial charge in [0.2, 0.25) is 11.4 Å². The predicted molar refractivity (Wildman–Crippen MR) is 169 cm³/mol. The molecule has 0 bridgehead atoms. The highest BCUT2D eigenvalue weighted by Gasteiger charge is 2.16. The van der Waals surface area contributed by atoms with E-state index < -0.39 is 0 Å². The molecule has 0 fully saturated rings. The quantitative estimate of drug-likeness (QED) is 0.163. The number of aryl methyl sites for hydroxylation is 6. The van der Waals surface area contributed by atoms with Crippen LogP contribution in [0.1, 0.15) is 38.9 Å². The van der Waals surface area contributed by atoms with Gasteiger partial charge in [-0.25, -0.2) is 0 Å². The van der Waals surface area contributed by atoms with Crippen molar-refractivity contribution < 1.29 is 0 Å². The van der Waals surface area contributed by atoms with Gasteiger partial charge in [0.1, 0.15) is 0 Å². The number of hydrogen-bond acceptors (Lipinski definition) is 1. The Bertz CT molecular complexity index is 1480. The molecule has 0 aliphatic carbocycles. The summed E-state index contributed by atoms with van der Waals surface area (Å²) in [4.78, 5) is 2.36. The first-order valence-electron chi connectivity index (χ1n) is 13.6. The van der Waals surface area contributed by atoms with Crippen LogP contribution in [0.4, 0.5) is 28.4 Å². The first-order valence-corrected chi connectivity index (χ1v) is 13.6. The summed E-state index contributed by atoms with van der Waals surface area (Å²) in [7, 11) is 0. The molecule has 0 amide bonds. The number of anilines is 3. The van der Waals surface area contributed by atoms with E-state index in [1.165, 1.54) is 44.8 Å². The van der Waals surface area contributed by atoms with Crippen LogP contribution in [0.15, 0.2) is 109 Å². The Morgan fingerprint density at radius 2 is 0.795 bits per heavy atom. The Hall–Kier alpha value is -4.43. The SMILES string of the molecule is Cc1ccc([N+](=Cc2ccc(N(c3cc(C)cc(C)c3)c3cc(C)cc(C)c3)cc2)c2ccc(C)cc2)cc1. The maximum absolute atomic E-state index is 2.36. The van der Waals surface area contributed by atoms with Gasteiger partial charge >= 0.3 is 0 Å². The molecule has 0 saturated carbocycles. The van der Waals surface area contributed by atoms with Crippen molar-refractivity contribution in [2.75, 3.05) is 4.90 Å². The Morgan fingerprint density at radius 3 is 1.18 bits per heavy atom. The van der Waals surface area contributed by atoms with E-state index in [1.54, 1.807) is 0 Å². The van der Waals surface area contributed by atoms with Gasteiger partial charge in [-0.05, 0) is 112 Å². The molecule has 0 saturated heterocycles. The molecule has 2 heteroatoms. The van der Waals surface area contributed by atoms with Gasteiger partial charge in [0.15, 0.2) is 6.21 Å². The van der Waals surface area contributed by atoms with Gasteiger partial charge in [-0.2, -0.15) is 4.58 Å². The zero-order valence-corrected chi connectivity index (χ0v) is 23.9.